The van der Waals surface area contributed by atoms with Crippen LogP contribution < -0.4 is 11.1 Å². The van der Waals surface area contributed by atoms with Crippen molar-refractivity contribution in [3.8, 4) is 0 Å². The number of aromatic carboxylic acids is 1. The van der Waals surface area contributed by atoms with Crippen LogP contribution in [0.5, 0.6) is 0 Å². The molecule has 102 valence electrons. The van der Waals surface area contributed by atoms with E-state index in [2.05, 4.69) is 10.3 Å². The molecular weight excluding hydrogens is 258 g/mol. The lowest BCUT2D eigenvalue weighted by Crippen LogP contribution is -2.15. The number of anilines is 1. The molecule has 2 aromatic rings. The zero-order valence-corrected chi connectivity index (χ0v) is 10.5. The van der Waals surface area contributed by atoms with Gasteiger partial charge in [0, 0.05) is 12.7 Å². The van der Waals surface area contributed by atoms with Crippen molar-refractivity contribution in [2.24, 2.45) is 5.73 Å². The van der Waals surface area contributed by atoms with E-state index in [4.69, 9.17) is 10.8 Å². The van der Waals surface area contributed by atoms with Gasteiger partial charge in [-0.1, -0.05) is 12.1 Å². The van der Waals surface area contributed by atoms with Crippen molar-refractivity contribution in [2.45, 2.75) is 6.54 Å². The lowest BCUT2D eigenvalue weighted by molar-refractivity contribution is 0.0696. The van der Waals surface area contributed by atoms with E-state index in [0.717, 1.165) is 5.56 Å². The fourth-order valence-electron chi connectivity index (χ4n) is 1.75. The highest BCUT2D eigenvalue weighted by atomic mass is 16.4. The zero-order valence-electron chi connectivity index (χ0n) is 10.5. The lowest BCUT2D eigenvalue weighted by Gasteiger charge is -2.09. The third kappa shape index (κ3) is 3.11. The summed E-state index contributed by atoms with van der Waals surface area (Å²) in [5.74, 6) is -1.18. The molecule has 0 fully saturated rings. The van der Waals surface area contributed by atoms with Crippen LogP contribution in [-0.2, 0) is 6.54 Å². The number of carbonyl (C=O) groups excluding carboxylic acids is 1. The molecule has 0 saturated heterocycles. The van der Waals surface area contributed by atoms with E-state index < -0.39 is 11.9 Å². The van der Waals surface area contributed by atoms with Gasteiger partial charge in [-0.15, -0.1) is 0 Å². The van der Waals surface area contributed by atoms with Crippen molar-refractivity contribution in [2.75, 3.05) is 5.32 Å². The first-order chi connectivity index (χ1) is 9.58. The average Bonchev–Trinajstić information content (AvgIpc) is 2.45. The maximum atomic E-state index is 11.2. The summed E-state index contributed by atoms with van der Waals surface area (Å²) in [6.07, 6.45) is 1.54. The number of nitrogens with two attached hydrogens (primary N) is 1. The molecule has 0 aliphatic carbocycles. The Bertz CT molecular complexity index is 656. The van der Waals surface area contributed by atoms with Gasteiger partial charge in [-0.3, -0.25) is 4.79 Å². The summed E-state index contributed by atoms with van der Waals surface area (Å²) in [7, 11) is 0. The minimum Gasteiger partial charge on any atom is -0.478 e. The molecule has 20 heavy (non-hydrogen) atoms. The molecule has 0 unspecified atom stereocenters. The Hall–Kier alpha value is -2.89. The van der Waals surface area contributed by atoms with E-state index in [-0.39, 0.29) is 5.56 Å². The Morgan fingerprint density at radius 1 is 1.25 bits per heavy atom. The first-order valence-corrected chi connectivity index (χ1v) is 5.89. The summed E-state index contributed by atoms with van der Waals surface area (Å²) in [5, 5.41) is 11.9. The van der Waals surface area contributed by atoms with Crippen molar-refractivity contribution >= 4 is 17.7 Å². The number of nitrogens with one attached hydrogen (secondary N) is 1. The number of nitrogens with zero attached hydrogens (tertiary/aromatic N) is 1. The number of primary amides is 1. The molecule has 6 heteroatoms. The summed E-state index contributed by atoms with van der Waals surface area (Å²) < 4.78 is 0. The molecule has 0 radical (unpaired) electrons. The van der Waals surface area contributed by atoms with Crippen LogP contribution in [0.2, 0.25) is 0 Å². The van der Waals surface area contributed by atoms with Crippen LogP contribution in [0.1, 0.15) is 26.3 Å². The fraction of sp³-hybridized carbons (Fsp3) is 0.0714. The molecule has 0 atom stereocenters. The maximum Gasteiger partial charge on any atom is 0.335 e. The number of carboxylic acid groups (broad SMARTS) is 1. The lowest BCUT2D eigenvalue weighted by atomic mass is 10.1. The SMILES string of the molecule is NC(=O)c1cccnc1NCc1cccc(C(=O)O)c1. The molecule has 0 aliphatic rings. The van der Waals surface area contributed by atoms with Crippen LogP contribution in [0.4, 0.5) is 5.82 Å². The van der Waals surface area contributed by atoms with E-state index in [1.807, 2.05) is 0 Å². The molecule has 1 amide bonds. The summed E-state index contributed by atoms with van der Waals surface area (Å²) in [6.45, 7) is 0.346. The minimum absolute atomic E-state index is 0.209. The van der Waals surface area contributed by atoms with Gasteiger partial charge in [0.2, 0.25) is 0 Å². The number of aromatic nitrogens is 1. The van der Waals surface area contributed by atoms with Crippen molar-refractivity contribution in [3.63, 3.8) is 0 Å². The molecule has 0 bridgehead atoms. The number of hydrogen-bond acceptors (Lipinski definition) is 4. The zero-order chi connectivity index (χ0) is 14.5. The normalized spacial score (nSPS) is 10.0. The largest absolute Gasteiger partial charge is 0.478 e. The maximum absolute atomic E-state index is 11.2. The van der Waals surface area contributed by atoms with Crippen molar-refractivity contribution in [1.82, 2.24) is 4.98 Å². The topological polar surface area (TPSA) is 105 Å². The average molecular weight is 271 g/mol. The van der Waals surface area contributed by atoms with Crippen LogP contribution in [0.25, 0.3) is 0 Å². The molecule has 1 aromatic heterocycles. The van der Waals surface area contributed by atoms with Crippen LogP contribution in [0.3, 0.4) is 0 Å². The van der Waals surface area contributed by atoms with Crippen molar-refractivity contribution in [1.29, 1.82) is 0 Å². The van der Waals surface area contributed by atoms with Gasteiger partial charge in [0.15, 0.2) is 0 Å². The van der Waals surface area contributed by atoms with Crippen LogP contribution in [0, 0.1) is 0 Å². The highest BCUT2D eigenvalue weighted by Gasteiger charge is 2.08. The van der Waals surface area contributed by atoms with Gasteiger partial charge in [-0.25, -0.2) is 9.78 Å². The van der Waals surface area contributed by atoms with E-state index in [1.165, 1.54) is 6.07 Å². The Morgan fingerprint density at radius 2 is 2.05 bits per heavy atom. The predicted molar refractivity (Wildman–Crippen MR) is 73.5 cm³/mol. The number of rotatable bonds is 5. The first-order valence-electron chi connectivity index (χ1n) is 5.89. The molecule has 0 spiro atoms. The summed E-state index contributed by atoms with van der Waals surface area (Å²) >= 11 is 0. The van der Waals surface area contributed by atoms with Gasteiger partial charge >= 0.3 is 5.97 Å². The Labute approximate surface area is 115 Å². The highest BCUT2D eigenvalue weighted by molar-refractivity contribution is 5.97. The van der Waals surface area contributed by atoms with Crippen LogP contribution >= 0.6 is 0 Å². The molecule has 0 aliphatic heterocycles. The Kier molecular flexibility index (Phi) is 3.95. The van der Waals surface area contributed by atoms with E-state index in [0.29, 0.717) is 17.9 Å². The number of carboxylic acids is 1. The van der Waals surface area contributed by atoms with Crippen molar-refractivity contribution < 1.29 is 14.7 Å². The summed E-state index contributed by atoms with van der Waals surface area (Å²) in [5.41, 5.74) is 6.52. The standard InChI is InChI=1S/C14H13N3O3/c15-12(18)11-5-2-6-16-13(11)17-8-9-3-1-4-10(7-9)14(19)20/h1-7H,8H2,(H2,15,18)(H,16,17)(H,19,20). The number of pyridine rings is 1. The molecule has 6 nitrogen and oxygen atoms in total. The molecule has 0 saturated carbocycles. The van der Waals surface area contributed by atoms with Crippen LogP contribution in [-0.4, -0.2) is 22.0 Å². The van der Waals surface area contributed by atoms with Crippen LogP contribution in [0.15, 0.2) is 42.6 Å². The van der Waals surface area contributed by atoms with Gasteiger partial charge in [-0.2, -0.15) is 0 Å². The third-order valence-electron chi connectivity index (χ3n) is 2.71. The van der Waals surface area contributed by atoms with E-state index >= 15 is 0 Å². The number of hydrogen-bond donors (Lipinski definition) is 3. The minimum atomic E-state index is -0.984. The quantitative estimate of drug-likeness (QED) is 0.764. The first kappa shape index (κ1) is 13.5. The van der Waals surface area contributed by atoms with Gasteiger partial charge < -0.3 is 16.2 Å². The second-order valence-corrected chi connectivity index (χ2v) is 4.12. The van der Waals surface area contributed by atoms with E-state index in [9.17, 15) is 9.59 Å². The molecule has 1 heterocycles. The summed E-state index contributed by atoms with van der Waals surface area (Å²) in [6, 6.07) is 9.71. The number of amides is 1. The van der Waals surface area contributed by atoms with Gasteiger partial charge in [0.1, 0.15) is 5.82 Å². The monoisotopic (exact) mass is 271 g/mol. The second-order valence-electron chi connectivity index (χ2n) is 4.12. The summed E-state index contributed by atoms with van der Waals surface area (Å²) in [4.78, 5) is 26.2. The number of carbonyl (C=O) groups is 2. The van der Waals surface area contributed by atoms with Gasteiger partial charge in [-0.05, 0) is 29.8 Å². The predicted octanol–water partition coefficient (Wildman–Crippen LogP) is 1.49. The van der Waals surface area contributed by atoms with Gasteiger partial charge in [0.25, 0.3) is 5.91 Å². The van der Waals surface area contributed by atoms with Crippen molar-refractivity contribution in [3.05, 3.63) is 59.3 Å². The smallest absolute Gasteiger partial charge is 0.335 e. The van der Waals surface area contributed by atoms with Gasteiger partial charge in [0.05, 0.1) is 11.1 Å². The fourth-order valence-corrected chi connectivity index (χ4v) is 1.75. The third-order valence-corrected chi connectivity index (χ3v) is 2.71. The molecule has 4 N–H and O–H groups in total. The van der Waals surface area contributed by atoms with E-state index in [1.54, 1.807) is 36.5 Å². The highest BCUT2D eigenvalue weighted by Crippen LogP contribution is 2.13. The second kappa shape index (κ2) is 5.83. The molecule has 2 rings (SSSR count). The Balaban J connectivity index is 2.15. The number of benzene rings is 1. The molecular formula is C14H13N3O3. The Morgan fingerprint density at radius 3 is 2.75 bits per heavy atom. The molecule has 1 aromatic carbocycles.